The smallest absolute Gasteiger partial charge is 0.317 e. The SMILES string of the molecule is CC(C)NC(=O)N1CCN(c2nc3cc(Br)ccc3n3cccc23)CC1. The number of nitrogens with one attached hydrogen (secondary N) is 1. The van der Waals surface area contributed by atoms with Crippen LogP contribution in [-0.4, -0.2) is 52.5 Å². The standard InChI is InChI=1S/C19H22BrN5O/c1-13(2)21-19(26)24-10-8-23(9-11-24)18-17-4-3-7-25(17)16-6-5-14(20)12-15(16)22-18/h3-7,12-13H,8-11H2,1-2H3,(H,21,26). The summed E-state index contributed by atoms with van der Waals surface area (Å²) in [5, 5.41) is 2.97. The van der Waals surface area contributed by atoms with Crippen molar-refractivity contribution in [2.24, 2.45) is 0 Å². The molecule has 0 saturated carbocycles. The lowest BCUT2D eigenvalue weighted by Gasteiger charge is -2.36. The third-order valence-corrected chi connectivity index (χ3v) is 5.17. The van der Waals surface area contributed by atoms with Crippen LogP contribution in [-0.2, 0) is 0 Å². The monoisotopic (exact) mass is 415 g/mol. The number of piperazine rings is 1. The molecule has 0 unspecified atom stereocenters. The predicted molar refractivity (Wildman–Crippen MR) is 108 cm³/mol. The molecular formula is C19H22BrN5O. The van der Waals surface area contributed by atoms with E-state index in [9.17, 15) is 4.79 Å². The Morgan fingerprint density at radius 2 is 1.92 bits per heavy atom. The third-order valence-electron chi connectivity index (χ3n) is 4.68. The van der Waals surface area contributed by atoms with Crippen LogP contribution < -0.4 is 10.2 Å². The lowest BCUT2D eigenvalue weighted by atomic mass is 10.2. The van der Waals surface area contributed by atoms with Crippen LogP contribution in [0.5, 0.6) is 0 Å². The molecule has 1 fully saturated rings. The summed E-state index contributed by atoms with van der Waals surface area (Å²) in [6, 6.07) is 10.5. The Morgan fingerprint density at radius 1 is 1.15 bits per heavy atom. The number of nitrogens with zero attached hydrogens (tertiary/aromatic N) is 4. The van der Waals surface area contributed by atoms with Gasteiger partial charge in [0.25, 0.3) is 0 Å². The number of aromatic nitrogens is 2. The molecule has 7 heteroatoms. The molecule has 3 aromatic rings. The first kappa shape index (κ1) is 17.1. The molecule has 1 aromatic carbocycles. The maximum Gasteiger partial charge on any atom is 0.317 e. The largest absolute Gasteiger partial charge is 0.351 e. The second-order valence-electron chi connectivity index (χ2n) is 6.91. The van der Waals surface area contributed by atoms with Gasteiger partial charge in [0.2, 0.25) is 0 Å². The highest BCUT2D eigenvalue weighted by Crippen LogP contribution is 2.27. The van der Waals surface area contributed by atoms with Crippen LogP contribution >= 0.6 is 15.9 Å². The number of urea groups is 1. The zero-order valence-corrected chi connectivity index (χ0v) is 16.5. The zero-order chi connectivity index (χ0) is 18.3. The molecule has 1 aliphatic heterocycles. The van der Waals surface area contributed by atoms with Gasteiger partial charge in [-0.2, -0.15) is 0 Å². The Labute approximate surface area is 160 Å². The van der Waals surface area contributed by atoms with Gasteiger partial charge < -0.3 is 19.5 Å². The molecule has 0 atom stereocenters. The van der Waals surface area contributed by atoms with Crippen molar-refractivity contribution in [1.29, 1.82) is 0 Å². The molecule has 0 spiro atoms. The van der Waals surface area contributed by atoms with Gasteiger partial charge in [-0.15, -0.1) is 0 Å². The van der Waals surface area contributed by atoms with Crippen molar-refractivity contribution in [3.05, 3.63) is 41.0 Å². The predicted octanol–water partition coefficient (Wildman–Crippen LogP) is 3.49. The van der Waals surface area contributed by atoms with Crippen molar-refractivity contribution in [1.82, 2.24) is 19.6 Å². The summed E-state index contributed by atoms with van der Waals surface area (Å²) < 4.78 is 3.20. The number of hydrogen-bond acceptors (Lipinski definition) is 3. The molecule has 3 heterocycles. The van der Waals surface area contributed by atoms with E-state index < -0.39 is 0 Å². The van der Waals surface area contributed by atoms with Gasteiger partial charge >= 0.3 is 6.03 Å². The van der Waals surface area contributed by atoms with Gasteiger partial charge in [0, 0.05) is 42.9 Å². The van der Waals surface area contributed by atoms with Crippen molar-refractivity contribution < 1.29 is 4.79 Å². The van der Waals surface area contributed by atoms with E-state index >= 15 is 0 Å². The average molecular weight is 416 g/mol. The van der Waals surface area contributed by atoms with E-state index in [1.807, 2.05) is 36.9 Å². The number of benzene rings is 1. The van der Waals surface area contributed by atoms with Crippen LogP contribution in [0, 0.1) is 0 Å². The van der Waals surface area contributed by atoms with Crippen LogP contribution in [0.3, 0.4) is 0 Å². The Kier molecular flexibility index (Phi) is 4.48. The van der Waals surface area contributed by atoms with Crippen molar-refractivity contribution in [3.63, 3.8) is 0 Å². The molecule has 1 aliphatic rings. The number of carbonyl (C=O) groups is 1. The topological polar surface area (TPSA) is 52.9 Å². The lowest BCUT2D eigenvalue weighted by molar-refractivity contribution is 0.192. The first-order valence-electron chi connectivity index (χ1n) is 8.89. The first-order valence-corrected chi connectivity index (χ1v) is 9.69. The van der Waals surface area contributed by atoms with E-state index in [4.69, 9.17) is 4.98 Å². The van der Waals surface area contributed by atoms with Gasteiger partial charge in [0.15, 0.2) is 5.82 Å². The minimum Gasteiger partial charge on any atom is -0.351 e. The Hall–Kier alpha value is -2.28. The van der Waals surface area contributed by atoms with Crippen LogP contribution in [0.4, 0.5) is 10.6 Å². The number of carbonyl (C=O) groups excluding carboxylic acids is 1. The summed E-state index contributed by atoms with van der Waals surface area (Å²) >= 11 is 3.54. The summed E-state index contributed by atoms with van der Waals surface area (Å²) in [4.78, 5) is 21.3. The fourth-order valence-corrected chi connectivity index (χ4v) is 3.78. The Bertz CT molecular complexity index is 959. The van der Waals surface area contributed by atoms with Crippen molar-refractivity contribution >= 4 is 44.3 Å². The summed E-state index contributed by atoms with van der Waals surface area (Å²) in [6.45, 7) is 6.91. The Morgan fingerprint density at radius 3 is 2.65 bits per heavy atom. The van der Waals surface area contributed by atoms with Crippen LogP contribution in [0.15, 0.2) is 41.0 Å². The highest BCUT2D eigenvalue weighted by molar-refractivity contribution is 9.10. The van der Waals surface area contributed by atoms with Crippen molar-refractivity contribution in [2.45, 2.75) is 19.9 Å². The fraction of sp³-hybridized carbons (Fsp3) is 0.368. The highest BCUT2D eigenvalue weighted by Gasteiger charge is 2.24. The molecule has 2 amide bonds. The van der Waals surface area contributed by atoms with Crippen LogP contribution in [0.1, 0.15) is 13.8 Å². The van der Waals surface area contributed by atoms with E-state index in [-0.39, 0.29) is 12.1 Å². The fourth-order valence-electron chi connectivity index (χ4n) is 3.43. The second-order valence-corrected chi connectivity index (χ2v) is 7.83. The summed E-state index contributed by atoms with van der Waals surface area (Å²) in [5.41, 5.74) is 3.14. The molecule has 4 rings (SSSR count). The maximum absolute atomic E-state index is 12.2. The number of amides is 2. The molecule has 26 heavy (non-hydrogen) atoms. The number of halogens is 1. The van der Waals surface area contributed by atoms with Crippen LogP contribution in [0.25, 0.3) is 16.6 Å². The van der Waals surface area contributed by atoms with Gasteiger partial charge in [-0.3, -0.25) is 0 Å². The molecule has 6 nitrogen and oxygen atoms in total. The molecular weight excluding hydrogens is 394 g/mol. The van der Waals surface area contributed by atoms with Gasteiger partial charge in [-0.1, -0.05) is 15.9 Å². The molecule has 136 valence electrons. The summed E-state index contributed by atoms with van der Waals surface area (Å²) in [7, 11) is 0. The van der Waals surface area contributed by atoms with Gasteiger partial charge in [0.05, 0.1) is 16.6 Å². The maximum atomic E-state index is 12.2. The zero-order valence-electron chi connectivity index (χ0n) is 14.9. The van der Waals surface area contributed by atoms with E-state index in [2.05, 4.69) is 48.9 Å². The van der Waals surface area contributed by atoms with Gasteiger partial charge in [-0.25, -0.2) is 9.78 Å². The average Bonchev–Trinajstić information content (AvgIpc) is 3.10. The first-order chi connectivity index (χ1) is 12.5. The normalized spacial score (nSPS) is 15.2. The molecule has 1 saturated heterocycles. The lowest BCUT2D eigenvalue weighted by Crippen LogP contribution is -2.53. The summed E-state index contributed by atoms with van der Waals surface area (Å²) in [5.74, 6) is 0.976. The Balaban J connectivity index is 1.63. The van der Waals surface area contributed by atoms with E-state index in [0.717, 1.165) is 39.9 Å². The molecule has 1 N–H and O–H groups in total. The van der Waals surface area contributed by atoms with Gasteiger partial charge in [0.1, 0.15) is 0 Å². The highest BCUT2D eigenvalue weighted by atomic mass is 79.9. The molecule has 0 aliphatic carbocycles. The number of hydrogen-bond donors (Lipinski definition) is 1. The second kappa shape index (κ2) is 6.79. The molecule has 0 bridgehead atoms. The third kappa shape index (κ3) is 3.11. The minimum absolute atomic E-state index is 0.0166. The summed E-state index contributed by atoms with van der Waals surface area (Å²) in [6.07, 6.45) is 2.07. The number of anilines is 1. The van der Waals surface area contributed by atoms with E-state index in [1.54, 1.807) is 0 Å². The van der Waals surface area contributed by atoms with Crippen LogP contribution in [0.2, 0.25) is 0 Å². The van der Waals surface area contributed by atoms with E-state index in [1.165, 1.54) is 0 Å². The quantitative estimate of drug-likeness (QED) is 0.696. The minimum atomic E-state index is 0.0166. The number of fused-ring (bicyclic) bond motifs is 3. The van der Waals surface area contributed by atoms with Crippen molar-refractivity contribution in [3.8, 4) is 0 Å². The molecule has 2 aromatic heterocycles. The van der Waals surface area contributed by atoms with Crippen molar-refractivity contribution in [2.75, 3.05) is 31.1 Å². The van der Waals surface area contributed by atoms with Gasteiger partial charge in [-0.05, 0) is 44.2 Å². The number of rotatable bonds is 2. The molecule has 0 radical (unpaired) electrons. The van der Waals surface area contributed by atoms with E-state index in [0.29, 0.717) is 13.1 Å².